The molecule has 1 fully saturated rings. The third-order valence-corrected chi connectivity index (χ3v) is 8.27. The number of alkyl halides is 3. The van der Waals surface area contributed by atoms with Gasteiger partial charge >= 0.3 is 5.51 Å². The molecule has 1 heterocycles. The molecular weight excluding hydrogens is 491 g/mol. The number of rotatable bonds is 5. The van der Waals surface area contributed by atoms with Gasteiger partial charge in [0.25, 0.3) is 15.7 Å². The fourth-order valence-electron chi connectivity index (χ4n) is 3.83. The van der Waals surface area contributed by atoms with Gasteiger partial charge < -0.3 is 5.32 Å². The van der Waals surface area contributed by atoms with Crippen molar-refractivity contribution in [1.29, 1.82) is 0 Å². The molecule has 13 heteroatoms. The normalized spacial score (nSPS) is 16.9. The van der Waals surface area contributed by atoms with Crippen LogP contribution in [0.25, 0.3) is 0 Å². The molecule has 0 spiro atoms. The Morgan fingerprint density at radius 3 is 2.41 bits per heavy atom. The van der Waals surface area contributed by atoms with Crippen LogP contribution in [-0.4, -0.2) is 37.1 Å². The van der Waals surface area contributed by atoms with Crippen LogP contribution in [0.5, 0.6) is 0 Å². The van der Waals surface area contributed by atoms with Crippen LogP contribution in [0.3, 0.4) is 0 Å². The molecule has 0 unspecified atom stereocenters. The maximum absolute atomic E-state index is 13.1. The molecule has 0 saturated heterocycles. The molecule has 2 aromatic rings. The highest BCUT2D eigenvalue weighted by Crippen LogP contribution is 2.36. The van der Waals surface area contributed by atoms with Gasteiger partial charge in [0.1, 0.15) is 0 Å². The van der Waals surface area contributed by atoms with E-state index < -0.39 is 26.1 Å². The van der Waals surface area contributed by atoms with Crippen molar-refractivity contribution in [2.24, 2.45) is 5.10 Å². The van der Waals surface area contributed by atoms with E-state index in [-0.39, 0.29) is 10.5 Å². The van der Waals surface area contributed by atoms with E-state index in [0.717, 1.165) is 42.8 Å². The lowest BCUT2D eigenvalue weighted by molar-refractivity contribution is -0.0436. The highest BCUT2D eigenvalue weighted by molar-refractivity contribution is 8.13. The minimum absolute atomic E-state index is 0.224. The minimum atomic E-state index is -5.63. The molecule has 1 aliphatic carbocycles. The maximum Gasteiger partial charge on any atom is 0.501 e. The lowest BCUT2D eigenvalue weighted by Crippen LogP contribution is -2.36. The van der Waals surface area contributed by atoms with Gasteiger partial charge in [-0.2, -0.15) is 13.2 Å². The first-order valence-corrected chi connectivity index (χ1v) is 12.7. The van der Waals surface area contributed by atoms with Gasteiger partial charge in [0.2, 0.25) is 5.17 Å². The molecule has 2 aromatic carbocycles. The SMILES string of the molecule is CN1NNN=C1Sc1ccc(S(=O)(=O)C(F)(F)F)cc1C(=O)Nc1ccc(C2CCCC2)cc1. The Kier molecular flexibility index (Phi) is 6.78. The second-order valence-corrected chi connectivity index (χ2v) is 10.9. The topological polar surface area (TPSA) is 103 Å². The largest absolute Gasteiger partial charge is 0.501 e. The Bertz CT molecular complexity index is 1210. The summed E-state index contributed by atoms with van der Waals surface area (Å²) in [5, 5.41) is 8.50. The first-order valence-electron chi connectivity index (χ1n) is 10.4. The number of amides is 1. The summed E-state index contributed by atoms with van der Waals surface area (Å²) in [7, 11) is -3.99. The number of amidine groups is 1. The molecule has 1 saturated carbocycles. The van der Waals surface area contributed by atoms with Crippen LogP contribution in [0.1, 0.15) is 47.5 Å². The standard InChI is InChI=1S/C21H22F3N5O3S2/c1-29-20(26-27-28-29)33-18-11-10-16(34(31,32)21(22,23)24)12-17(18)19(30)25-15-8-6-14(7-9-15)13-4-2-3-5-13/h6-13,27-28H,2-5H2,1H3,(H,25,30). The number of benzene rings is 2. The van der Waals surface area contributed by atoms with E-state index in [4.69, 9.17) is 0 Å². The summed E-state index contributed by atoms with van der Waals surface area (Å²) in [4.78, 5) is 12.3. The number of nitrogens with one attached hydrogen (secondary N) is 3. The van der Waals surface area contributed by atoms with Crippen molar-refractivity contribution >= 4 is 38.4 Å². The number of nitrogens with zero attached hydrogens (tertiary/aromatic N) is 2. The van der Waals surface area contributed by atoms with Gasteiger partial charge in [-0.05, 0) is 66.4 Å². The molecule has 0 atom stereocenters. The van der Waals surface area contributed by atoms with Gasteiger partial charge in [0, 0.05) is 17.6 Å². The number of hydrazine groups is 2. The van der Waals surface area contributed by atoms with Gasteiger partial charge in [-0.1, -0.05) is 25.0 Å². The summed E-state index contributed by atoms with van der Waals surface area (Å²) in [6, 6.07) is 10.0. The summed E-state index contributed by atoms with van der Waals surface area (Å²) in [5.74, 6) is -0.249. The molecule has 182 valence electrons. The van der Waals surface area contributed by atoms with Gasteiger partial charge in [0.15, 0.2) is 0 Å². The molecule has 0 bridgehead atoms. The Morgan fingerprint density at radius 1 is 1.15 bits per heavy atom. The first kappa shape index (κ1) is 24.4. The molecule has 4 rings (SSSR count). The number of carbonyl (C=O) groups excluding carboxylic acids is 1. The van der Waals surface area contributed by atoms with Crippen LogP contribution in [0.2, 0.25) is 0 Å². The van der Waals surface area contributed by atoms with Crippen molar-refractivity contribution in [1.82, 2.24) is 16.1 Å². The first-order chi connectivity index (χ1) is 16.1. The van der Waals surface area contributed by atoms with Crippen molar-refractivity contribution in [2.45, 2.75) is 46.9 Å². The molecule has 34 heavy (non-hydrogen) atoms. The molecule has 3 N–H and O–H groups in total. The smallest absolute Gasteiger partial charge is 0.322 e. The number of thioether (sulfide) groups is 1. The molecule has 0 aromatic heterocycles. The molecule has 1 aliphatic heterocycles. The Labute approximate surface area is 198 Å². The summed E-state index contributed by atoms with van der Waals surface area (Å²) in [6.07, 6.45) is 4.61. The predicted molar refractivity (Wildman–Crippen MR) is 123 cm³/mol. The second kappa shape index (κ2) is 9.47. The van der Waals surface area contributed by atoms with Crippen molar-refractivity contribution in [3.05, 3.63) is 53.6 Å². The van der Waals surface area contributed by atoms with Crippen LogP contribution in [0, 0.1) is 0 Å². The number of sulfone groups is 1. The zero-order chi connectivity index (χ0) is 24.5. The third kappa shape index (κ3) is 5.00. The van der Waals surface area contributed by atoms with E-state index in [2.05, 4.69) is 21.5 Å². The Hall–Kier alpha value is -2.77. The Morgan fingerprint density at radius 2 is 1.82 bits per heavy atom. The quantitative estimate of drug-likeness (QED) is 0.551. The van der Waals surface area contributed by atoms with Gasteiger partial charge in [-0.3, -0.25) is 9.80 Å². The maximum atomic E-state index is 13.1. The van der Waals surface area contributed by atoms with Gasteiger partial charge in [0.05, 0.1) is 10.5 Å². The number of hydrogen-bond acceptors (Lipinski definition) is 8. The van der Waals surface area contributed by atoms with Crippen LogP contribution < -0.4 is 16.4 Å². The van der Waals surface area contributed by atoms with E-state index >= 15 is 0 Å². The van der Waals surface area contributed by atoms with Crippen LogP contribution in [0.4, 0.5) is 18.9 Å². The number of halogens is 3. The fraction of sp³-hybridized carbons (Fsp3) is 0.333. The van der Waals surface area contributed by atoms with Gasteiger partial charge in [-0.25, -0.2) is 14.0 Å². The molecule has 8 nitrogen and oxygen atoms in total. The summed E-state index contributed by atoms with van der Waals surface area (Å²) in [6.45, 7) is 0. The van der Waals surface area contributed by atoms with E-state index in [9.17, 15) is 26.4 Å². The highest BCUT2D eigenvalue weighted by atomic mass is 32.2. The Balaban J connectivity index is 1.64. The van der Waals surface area contributed by atoms with Crippen molar-refractivity contribution in [2.75, 3.05) is 12.4 Å². The predicted octanol–water partition coefficient (Wildman–Crippen LogP) is 4.21. The summed E-state index contributed by atoms with van der Waals surface area (Å²) < 4.78 is 63.2. The molecular formula is C21H22F3N5O3S2. The average molecular weight is 514 g/mol. The van der Waals surface area contributed by atoms with Crippen molar-refractivity contribution in [3.8, 4) is 0 Å². The second-order valence-electron chi connectivity index (χ2n) is 7.94. The van der Waals surface area contributed by atoms with E-state index in [1.807, 2.05) is 12.1 Å². The third-order valence-electron chi connectivity index (χ3n) is 5.66. The number of hydrazone groups is 1. The monoisotopic (exact) mass is 513 g/mol. The van der Waals surface area contributed by atoms with Crippen molar-refractivity contribution < 1.29 is 26.4 Å². The van der Waals surface area contributed by atoms with Crippen molar-refractivity contribution in [3.63, 3.8) is 0 Å². The zero-order valence-electron chi connectivity index (χ0n) is 18.0. The molecule has 0 radical (unpaired) electrons. The van der Waals surface area contributed by atoms with E-state index in [0.29, 0.717) is 16.8 Å². The lowest BCUT2D eigenvalue weighted by atomic mass is 9.97. The minimum Gasteiger partial charge on any atom is -0.322 e. The van der Waals surface area contributed by atoms with E-state index in [1.54, 1.807) is 19.2 Å². The highest BCUT2D eigenvalue weighted by Gasteiger charge is 2.47. The number of carbonyl (C=O) groups is 1. The number of hydrogen-bond donors (Lipinski definition) is 3. The molecule has 1 amide bonds. The van der Waals surface area contributed by atoms with Crippen LogP contribution in [-0.2, 0) is 9.84 Å². The van der Waals surface area contributed by atoms with Gasteiger partial charge in [-0.15, -0.1) is 10.6 Å². The van der Waals surface area contributed by atoms with Crippen LogP contribution >= 0.6 is 11.8 Å². The summed E-state index contributed by atoms with van der Waals surface area (Å²) in [5.41, 5.74) is 1.10. The zero-order valence-corrected chi connectivity index (χ0v) is 19.6. The van der Waals surface area contributed by atoms with E-state index in [1.165, 1.54) is 23.4 Å². The average Bonchev–Trinajstić information content (AvgIpc) is 3.46. The number of anilines is 1. The van der Waals surface area contributed by atoms with Crippen LogP contribution in [0.15, 0.2) is 57.4 Å². The molecule has 2 aliphatic rings. The lowest BCUT2D eigenvalue weighted by Gasteiger charge is -2.16. The fourth-order valence-corrected chi connectivity index (χ4v) is 5.49. The summed E-state index contributed by atoms with van der Waals surface area (Å²) >= 11 is 0.985.